The van der Waals surface area contributed by atoms with Crippen molar-refractivity contribution in [1.82, 2.24) is 0 Å². The fourth-order valence-electron chi connectivity index (χ4n) is 3.10. The molecule has 0 aliphatic carbocycles. The Morgan fingerprint density at radius 1 is 1.00 bits per heavy atom. The number of carboxylic acid groups (broad SMARTS) is 1. The van der Waals surface area contributed by atoms with Crippen LogP contribution in [0.15, 0.2) is 24.3 Å². The first-order chi connectivity index (χ1) is 12.5. The molecule has 0 aromatic heterocycles. The highest BCUT2D eigenvalue weighted by Crippen LogP contribution is 2.27. The van der Waals surface area contributed by atoms with Crippen LogP contribution in [0.3, 0.4) is 0 Å². The van der Waals surface area contributed by atoms with Crippen LogP contribution in [0.4, 0.5) is 0 Å². The SMILES string of the molecule is CC=CCCCCCCCCCCC(CC=CC(=O)O)(OC)OC(C)C. The Labute approximate surface area is 160 Å². The van der Waals surface area contributed by atoms with Crippen LogP contribution in [-0.2, 0) is 14.3 Å². The largest absolute Gasteiger partial charge is 0.478 e. The normalized spacial score (nSPS) is 14.5. The third-order valence-electron chi connectivity index (χ3n) is 4.43. The quantitative estimate of drug-likeness (QED) is 0.142. The molecule has 1 unspecified atom stereocenters. The molecule has 1 atom stereocenters. The van der Waals surface area contributed by atoms with Gasteiger partial charge in [-0.2, -0.15) is 0 Å². The maximum atomic E-state index is 10.7. The molecule has 0 bridgehead atoms. The minimum absolute atomic E-state index is 0.0377. The summed E-state index contributed by atoms with van der Waals surface area (Å²) < 4.78 is 11.6. The maximum absolute atomic E-state index is 10.7. The summed E-state index contributed by atoms with van der Waals surface area (Å²) in [5, 5.41) is 8.77. The Kier molecular flexibility index (Phi) is 15.4. The molecule has 4 heteroatoms. The predicted molar refractivity (Wildman–Crippen MR) is 108 cm³/mol. The minimum Gasteiger partial charge on any atom is -0.478 e. The van der Waals surface area contributed by atoms with Crippen molar-refractivity contribution < 1.29 is 19.4 Å². The molecule has 0 saturated heterocycles. The standard InChI is InChI=1S/C22H40O4/c1-5-6-7-8-9-10-11-12-13-14-15-18-22(25-4,26-20(2)3)19-16-17-21(23)24/h5-6,16-17,20H,7-15,18-19H2,1-4H3,(H,23,24). The van der Waals surface area contributed by atoms with Gasteiger partial charge in [-0.3, -0.25) is 0 Å². The van der Waals surface area contributed by atoms with E-state index in [1.54, 1.807) is 13.2 Å². The van der Waals surface area contributed by atoms with Crippen molar-refractivity contribution >= 4 is 5.97 Å². The molecule has 26 heavy (non-hydrogen) atoms. The van der Waals surface area contributed by atoms with Gasteiger partial charge in [-0.25, -0.2) is 4.79 Å². The number of carbonyl (C=O) groups is 1. The molecule has 0 aliphatic rings. The number of aliphatic carboxylic acids is 1. The molecule has 4 nitrogen and oxygen atoms in total. The average molecular weight is 369 g/mol. The molecular weight excluding hydrogens is 328 g/mol. The van der Waals surface area contributed by atoms with Gasteiger partial charge in [0, 0.05) is 26.0 Å². The number of hydrogen-bond acceptors (Lipinski definition) is 3. The lowest BCUT2D eigenvalue weighted by Gasteiger charge is -2.33. The first-order valence-electron chi connectivity index (χ1n) is 10.2. The second-order valence-electron chi connectivity index (χ2n) is 7.16. The van der Waals surface area contributed by atoms with E-state index < -0.39 is 11.8 Å². The topological polar surface area (TPSA) is 55.8 Å². The van der Waals surface area contributed by atoms with E-state index in [0.717, 1.165) is 25.3 Å². The number of rotatable bonds is 17. The highest BCUT2D eigenvalue weighted by molar-refractivity contribution is 5.79. The average Bonchev–Trinajstić information content (AvgIpc) is 2.58. The monoisotopic (exact) mass is 368 g/mol. The number of carboxylic acids is 1. The van der Waals surface area contributed by atoms with Gasteiger partial charge in [0.25, 0.3) is 0 Å². The molecule has 0 amide bonds. The summed E-state index contributed by atoms with van der Waals surface area (Å²) in [6.45, 7) is 6.03. The van der Waals surface area contributed by atoms with Crippen molar-refractivity contribution in [3.8, 4) is 0 Å². The molecule has 0 aliphatic heterocycles. The van der Waals surface area contributed by atoms with Gasteiger partial charge >= 0.3 is 5.97 Å². The van der Waals surface area contributed by atoms with E-state index >= 15 is 0 Å². The summed E-state index contributed by atoms with van der Waals surface area (Å²) in [7, 11) is 1.64. The number of allylic oxidation sites excluding steroid dienone is 2. The van der Waals surface area contributed by atoms with Crippen molar-refractivity contribution in [3.05, 3.63) is 24.3 Å². The molecule has 0 radical (unpaired) electrons. The van der Waals surface area contributed by atoms with Crippen molar-refractivity contribution in [2.24, 2.45) is 0 Å². The van der Waals surface area contributed by atoms with Crippen molar-refractivity contribution in [2.45, 2.75) is 103 Å². The predicted octanol–water partition coefficient (Wildman–Crippen LogP) is 6.26. The maximum Gasteiger partial charge on any atom is 0.327 e. The van der Waals surface area contributed by atoms with E-state index in [4.69, 9.17) is 14.6 Å². The highest BCUT2D eigenvalue weighted by Gasteiger charge is 2.30. The van der Waals surface area contributed by atoms with Crippen LogP contribution in [0.5, 0.6) is 0 Å². The zero-order valence-electron chi connectivity index (χ0n) is 17.3. The third-order valence-corrected chi connectivity index (χ3v) is 4.43. The van der Waals surface area contributed by atoms with E-state index in [0.29, 0.717) is 6.42 Å². The molecular formula is C22H40O4. The first kappa shape index (κ1) is 24.9. The van der Waals surface area contributed by atoms with E-state index in [1.165, 1.54) is 44.9 Å². The summed E-state index contributed by atoms with van der Waals surface area (Å²) in [5.41, 5.74) is 0. The number of hydrogen-bond donors (Lipinski definition) is 1. The summed E-state index contributed by atoms with van der Waals surface area (Å²) in [4.78, 5) is 10.7. The van der Waals surface area contributed by atoms with Crippen LogP contribution in [0.25, 0.3) is 0 Å². The Bertz CT molecular complexity index is 401. The fraction of sp³-hybridized carbons (Fsp3) is 0.773. The molecule has 0 fully saturated rings. The van der Waals surface area contributed by atoms with Crippen molar-refractivity contribution in [1.29, 1.82) is 0 Å². The Morgan fingerprint density at radius 3 is 2.08 bits per heavy atom. The molecule has 0 aromatic carbocycles. The summed E-state index contributed by atoms with van der Waals surface area (Å²) in [5.74, 6) is -1.65. The highest BCUT2D eigenvalue weighted by atomic mass is 16.7. The molecule has 0 aromatic rings. The molecule has 0 saturated carbocycles. The van der Waals surface area contributed by atoms with E-state index in [2.05, 4.69) is 19.1 Å². The second-order valence-corrected chi connectivity index (χ2v) is 7.16. The van der Waals surface area contributed by atoms with Gasteiger partial charge in [0.2, 0.25) is 0 Å². The number of ether oxygens (including phenoxy) is 2. The van der Waals surface area contributed by atoms with Crippen LogP contribution < -0.4 is 0 Å². The van der Waals surface area contributed by atoms with Gasteiger partial charge in [0.05, 0.1) is 6.10 Å². The number of unbranched alkanes of at least 4 members (excludes halogenated alkanes) is 8. The van der Waals surface area contributed by atoms with Gasteiger partial charge in [-0.1, -0.05) is 56.8 Å². The van der Waals surface area contributed by atoms with E-state index in [-0.39, 0.29) is 6.10 Å². The number of methoxy groups -OCH3 is 1. The van der Waals surface area contributed by atoms with Crippen molar-refractivity contribution in [3.63, 3.8) is 0 Å². The van der Waals surface area contributed by atoms with Crippen LogP contribution in [0.1, 0.15) is 91.4 Å². The molecule has 0 spiro atoms. The smallest absolute Gasteiger partial charge is 0.327 e. The van der Waals surface area contributed by atoms with Crippen molar-refractivity contribution in [2.75, 3.05) is 7.11 Å². The fourth-order valence-corrected chi connectivity index (χ4v) is 3.10. The summed E-state index contributed by atoms with van der Waals surface area (Å²) in [6.07, 6.45) is 19.6. The lowest BCUT2D eigenvalue weighted by atomic mass is 10.0. The molecule has 0 rings (SSSR count). The Morgan fingerprint density at radius 2 is 1.58 bits per heavy atom. The van der Waals surface area contributed by atoms with E-state index in [1.807, 2.05) is 13.8 Å². The minimum atomic E-state index is -0.940. The van der Waals surface area contributed by atoms with Gasteiger partial charge in [-0.05, 0) is 40.0 Å². The Hall–Kier alpha value is -1.13. The van der Waals surface area contributed by atoms with Crippen LogP contribution in [-0.4, -0.2) is 30.1 Å². The van der Waals surface area contributed by atoms with Crippen LogP contribution >= 0.6 is 0 Å². The third kappa shape index (κ3) is 14.1. The van der Waals surface area contributed by atoms with Gasteiger partial charge < -0.3 is 14.6 Å². The zero-order chi connectivity index (χ0) is 19.7. The summed E-state index contributed by atoms with van der Waals surface area (Å²) in [6, 6.07) is 0. The van der Waals surface area contributed by atoms with Crippen LogP contribution in [0, 0.1) is 0 Å². The lowest BCUT2D eigenvalue weighted by molar-refractivity contribution is -0.242. The molecule has 0 heterocycles. The van der Waals surface area contributed by atoms with Gasteiger partial charge in [0.1, 0.15) is 0 Å². The van der Waals surface area contributed by atoms with Gasteiger partial charge in [-0.15, -0.1) is 0 Å². The first-order valence-corrected chi connectivity index (χ1v) is 10.2. The molecule has 1 N–H and O–H groups in total. The summed E-state index contributed by atoms with van der Waals surface area (Å²) >= 11 is 0. The molecule has 152 valence electrons. The Balaban J connectivity index is 4.03. The van der Waals surface area contributed by atoms with Crippen LogP contribution in [0.2, 0.25) is 0 Å². The lowest BCUT2D eigenvalue weighted by Crippen LogP contribution is -2.37. The van der Waals surface area contributed by atoms with Gasteiger partial charge in [0.15, 0.2) is 5.79 Å². The van der Waals surface area contributed by atoms with E-state index in [9.17, 15) is 4.79 Å². The zero-order valence-corrected chi connectivity index (χ0v) is 17.3. The second kappa shape index (κ2) is 16.1.